The fourth-order valence-corrected chi connectivity index (χ4v) is 10.6. The average molecular weight is 732 g/mol. The number of thiophene rings is 1. The molecule has 264 valence electrons. The van der Waals surface area contributed by atoms with Crippen molar-refractivity contribution in [2.24, 2.45) is 0 Å². The number of hydrogen-bond donors (Lipinski definition) is 0. The van der Waals surface area contributed by atoms with E-state index >= 15 is 0 Å². The molecule has 1 aliphatic carbocycles. The predicted molar refractivity (Wildman–Crippen MR) is 239 cm³/mol. The van der Waals surface area contributed by atoms with E-state index in [0.717, 1.165) is 11.4 Å². The molecule has 0 unspecified atom stereocenters. The minimum atomic E-state index is -0.520. The molecule has 10 aromatic rings. The van der Waals surface area contributed by atoms with Gasteiger partial charge in [0.25, 0.3) is 0 Å². The summed E-state index contributed by atoms with van der Waals surface area (Å²) in [5.41, 5.74) is 14.4. The third-order valence-electron chi connectivity index (χ3n) is 11.8. The zero-order valence-electron chi connectivity index (χ0n) is 31.0. The molecule has 0 bridgehead atoms. The van der Waals surface area contributed by atoms with Gasteiger partial charge in [-0.05, 0) is 105 Å². The van der Waals surface area contributed by atoms with Gasteiger partial charge in [-0.2, -0.15) is 0 Å². The Balaban J connectivity index is 1.28. The molecule has 2 heteroatoms. The van der Waals surface area contributed by atoms with Crippen molar-refractivity contribution in [3.63, 3.8) is 0 Å². The van der Waals surface area contributed by atoms with E-state index in [0.29, 0.717) is 0 Å². The zero-order valence-corrected chi connectivity index (χ0v) is 31.8. The van der Waals surface area contributed by atoms with Crippen LogP contribution in [0.5, 0.6) is 0 Å². The second kappa shape index (κ2) is 12.9. The highest BCUT2D eigenvalue weighted by atomic mass is 32.1. The molecule has 0 fully saturated rings. The monoisotopic (exact) mass is 731 g/mol. The van der Waals surface area contributed by atoms with Gasteiger partial charge < -0.3 is 4.90 Å². The molecule has 0 radical (unpaired) electrons. The number of rotatable bonds is 6. The lowest BCUT2D eigenvalue weighted by atomic mass is 9.67. The second-order valence-electron chi connectivity index (χ2n) is 14.9. The molecule has 1 aliphatic rings. The lowest BCUT2D eigenvalue weighted by molar-refractivity contribution is 0.768. The number of hydrogen-bond acceptors (Lipinski definition) is 2. The molecule has 1 heterocycles. The van der Waals surface area contributed by atoms with Crippen LogP contribution in [0.4, 0.5) is 17.1 Å². The van der Waals surface area contributed by atoms with Crippen molar-refractivity contribution in [2.45, 2.75) is 12.3 Å². The molecule has 1 nitrogen and oxygen atoms in total. The standard InChI is InChI=1S/C54H37NS/c1-36-17-15-27-46-52(36)43-32-31-42(35-47(43)54(46,40-22-7-3-8-23-40)41-24-9-4-10-25-41)55(48-28-16-30-51-53(48)44-26-13-14-29-50(44)56-51)49-34-39-21-12-11-20-38(39)33-45(49)37-18-5-2-6-19-37/h2-35H,1H3. The van der Waals surface area contributed by atoms with E-state index in [1.807, 2.05) is 11.3 Å². The molecule has 1 aromatic heterocycles. The minimum absolute atomic E-state index is 0.520. The fourth-order valence-electron chi connectivity index (χ4n) is 9.46. The van der Waals surface area contributed by atoms with E-state index in [1.54, 1.807) is 0 Å². The van der Waals surface area contributed by atoms with Crippen LogP contribution in [0.15, 0.2) is 206 Å². The van der Waals surface area contributed by atoms with E-state index in [1.165, 1.54) is 86.7 Å². The van der Waals surface area contributed by atoms with Gasteiger partial charge in [0.15, 0.2) is 0 Å². The van der Waals surface area contributed by atoms with Gasteiger partial charge in [-0.15, -0.1) is 11.3 Å². The molecule has 0 atom stereocenters. The van der Waals surface area contributed by atoms with Crippen LogP contribution >= 0.6 is 11.3 Å². The number of anilines is 3. The Morgan fingerprint density at radius 2 is 1.07 bits per heavy atom. The van der Waals surface area contributed by atoms with Crippen LogP contribution in [0.2, 0.25) is 0 Å². The molecule has 9 aromatic carbocycles. The summed E-state index contributed by atoms with van der Waals surface area (Å²) in [6.45, 7) is 2.26. The molecular weight excluding hydrogens is 695 g/mol. The van der Waals surface area contributed by atoms with Crippen LogP contribution in [0.1, 0.15) is 27.8 Å². The lowest BCUT2D eigenvalue weighted by Crippen LogP contribution is -2.28. The van der Waals surface area contributed by atoms with Crippen LogP contribution < -0.4 is 4.90 Å². The SMILES string of the molecule is Cc1cccc2c1-c1ccc(N(c3cc4ccccc4cc3-c3ccccc3)c3cccc4sc5ccccc5c34)cc1C2(c1ccccc1)c1ccccc1. The van der Waals surface area contributed by atoms with Crippen molar-refractivity contribution < 1.29 is 0 Å². The van der Waals surface area contributed by atoms with Gasteiger partial charge in [0, 0.05) is 31.4 Å². The van der Waals surface area contributed by atoms with Gasteiger partial charge in [-0.1, -0.05) is 164 Å². The molecule has 0 N–H and O–H groups in total. The average Bonchev–Trinajstić information content (AvgIpc) is 3.79. The Bertz CT molecular complexity index is 3050. The molecule has 0 spiro atoms. The second-order valence-corrected chi connectivity index (χ2v) is 16.0. The van der Waals surface area contributed by atoms with Gasteiger partial charge >= 0.3 is 0 Å². The number of benzene rings is 9. The van der Waals surface area contributed by atoms with E-state index < -0.39 is 5.41 Å². The summed E-state index contributed by atoms with van der Waals surface area (Å²) in [5.74, 6) is 0. The molecule has 0 saturated heterocycles. The summed E-state index contributed by atoms with van der Waals surface area (Å²) in [4.78, 5) is 2.55. The van der Waals surface area contributed by atoms with Gasteiger partial charge in [-0.25, -0.2) is 0 Å². The molecule has 0 saturated carbocycles. The maximum Gasteiger partial charge on any atom is 0.0714 e. The van der Waals surface area contributed by atoms with Crippen molar-refractivity contribution in [3.05, 3.63) is 234 Å². The number of nitrogens with zero attached hydrogens (tertiary/aromatic N) is 1. The van der Waals surface area contributed by atoms with Gasteiger partial charge in [0.2, 0.25) is 0 Å². The third kappa shape index (κ3) is 4.86. The summed E-state index contributed by atoms with van der Waals surface area (Å²) in [6, 6.07) is 76.5. The first-order chi connectivity index (χ1) is 27.7. The van der Waals surface area contributed by atoms with Crippen LogP contribution in [0.3, 0.4) is 0 Å². The van der Waals surface area contributed by atoms with Crippen molar-refractivity contribution >= 4 is 59.3 Å². The Hall–Kier alpha value is -6.74. The first-order valence-corrected chi connectivity index (χ1v) is 20.2. The first-order valence-electron chi connectivity index (χ1n) is 19.3. The van der Waals surface area contributed by atoms with Crippen LogP contribution in [0, 0.1) is 6.92 Å². The van der Waals surface area contributed by atoms with E-state index in [2.05, 4.69) is 218 Å². The van der Waals surface area contributed by atoms with Gasteiger partial charge in [0.1, 0.15) is 0 Å². The summed E-state index contributed by atoms with van der Waals surface area (Å²) >= 11 is 1.87. The van der Waals surface area contributed by atoms with Crippen molar-refractivity contribution in [1.29, 1.82) is 0 Å². The normalized spacial score (nSPS) is 12.9. The van der Waals surface area contributed by atoms with Gasteiger partial charge in [-0.3, -0.25) is 0 Å². The van der Waals surface area contributed by atoms with Crippen LogP contribution in [-0.2, 0) is 5.41 Å². The highest BCUT2D eigenvalue weighted by molar-refractivity contribution is 7.26. The summed E-state index contributed by atoms with van der Waals surface area (Å²) in [7, 11) is 0. The maximum absolute atomic E-state index is 2.55. The highest BCUT2D eigenvalue weighted by Crippen LogP contribution is 2.58. The van der Waals surface area contributed by atoms with E-state index in [-0.39, 0.29) is 0 Å². The van der Waals surface area contributed by atoms with Crippen molar-refractivity contribution in [2.75, 3.05) is 4.90 Å². The molecule has 0 amide bonds. The fraction of sp³-hybridized carbons (Fsp3) is 0.0370. The Morgan fingerprint density at radius 1 is 0.446 bits per heavy atom. The van der Waals surface area contributed by atoms with Gasteiger partial charge in [0.05, 0.1) is 16.8 Å². The Labute approximate surface area is 331 Å². The third-order valence-corrected chi connectivity index (χ3v) is 13.0. The summed E-state index contributed by atoms with van der Waals surface area (Å²) in [5, 5.41) is 4.99. The molecule has 11 rings (SSSR count). The predicted octanol–water partition coefficient (Wildman–Crippen LogP) is 15.0. The Kier molecular flexibility index (Phi) is 7.55. The largest absolute Gasteiger partial charge is 0.309 e. The highest BCUT2D eigenvalue weighted by Gasteiger charge is 2.47. The van der Waals surface area contributed by atoms with E-state index in [4.69, 9.17) is 0 Å². The first kappa shape index (κ1) is 32.7. The zero-order chi connectivity index (χ0) is 37.2. The van der Waals surface area contributed by atoms with Crippen molar-refractivity contribution in [1.82, 2.24) is 0 Å². The number of aryl methyl sites for hydroxylation is 1. The summed E-state index contributed by atoms with van der Waals surface area (Å²) < 4.78 is 2.58. The van der Waals surface area contributed by atoms with Crippen LogP contribution in [-0.4, -0.2) is 0 Å². The quantitative estimate of drug-likeness (QED) is 0.165. The smallest absolute Gasteiger partial charge is 0.0714 e. The van der Waals surface area contributed by atoms with E-state index in [9.17, 15) is 0 Å². The lowest BCUT2D eigenvalue weighted by Gasteiger charge is -2.35. The summed E-state index contributed by atoms with van der Waals surface area (Å²) in [6.07, 6.45) is 0. The molecule has 56 heavy (non-hydrogen) atoms. The minimum Gasteiger partial charge on any atom is -0.309 e. The topological polar surface area (TPSA) is 3.24 Å². The number of fused-ring (bicyclic) bond motifs is 7. The van der Waals surface area contributed by atoms with Crippen LogP contribution in [0.25, 0.3) is 53.2 Å². The maximum atomic E-state index is 2.55. The molecule has 0 aliphatic heterocycles. The van der Waals surface area contributed by atoms with Crippen molar-refractivity contribution in [3.8, 4) is 22.3 Å². The Morgan fingerprint density at radius 3 is 1.82 bits per heavy atom. The molecular formula is C54H37NS.